The highest BCUT2D eigenvalue weighted by Crippen LogP contribution is 2.30. The van der Waals surface area contributed by atoms with Gasteiger partial charge in [-0.2, -0.15) is 0 Å². The number of morpholine rings is 1. The Morgan fingerprint density at radius 1 is 1.23 bits per heavy atom. The van der Waals surface area contributed by atoms with Crippen molar-refractivity contribution in [3.8, 4) is 0 Å². The van der Waals surface area contributed by atoms with Crippen molar-refractivity contribution in [1.29, 1.82) is 0 Å². The fraction of sp³-hybridized carbons (Fsp3) is 0.500. The predicted molar refractivity (Wildman–Crippen MR) is 84.1 cm³/mol. The van der Waals surface area contributed by atoms with Crippen LogP contribution in [0.4, 0.5) is 4.39 Å². The van der Waals surface area contributed by atoms with Crippen LogP contribution in [0, 0.1) is 5.82 Å². The van der Waals surface area contributed by atoms with E-state index in [4.69, 9.17) is 4.74 Å². The van der Waals surface area contributed by atoms with Gasteiger partial charge in [-0.25, -0.2) is 4.39 Å². The molecule has 0 N–H and O–H groups in total. The molecule has 1 saturated heterocycles. The molecule has 0 spiro atoms. The zero-order valence-electron chi connectivity index (χ0n) is 12.7. The van der Waals surface area contributed by atoms with Gasteiger partial charge in [0.05, 0.1) is 18.2 Å². The number of aromatic nitrogens is 1. The second kappa shape index (κ2) is 5.94. The third kappa shape index (κ3) is 2.50. The Balaban J connectivity index is 1.64. The Labute approximate surface area is 130 Å². The highest BCUT2D eigenvalue weighted by Gasteiger charge is 2.34. The molecular formula is C18H21FN2O. The Morgan fingerprint density at radius 2 is 2.14 bits per heavy atom. The van der Waals surface area contributed by atoms with Gasteiger partial charge < -0.3 is 4.74 Å². The quantitative estimate of drug-likeness (QED) is 0.848. The molecule has 2 heterocycles. The first kappa shape index (κ1) is 14.1. The third-order valence-corrected chi connectivity index (χ3v) is 5.02. The van der Waals surface area contributed by atoms with E-state index in [1.807, 2.05) is 12.1 Å². The van der Waals surface area contributed by atoms with E-state index in [0.29, 0.717) is 17.5 Å². The summed E-state index contributed by atoms with van der Waals surface area (Å²) in [6, 6.07) is 7.56. The van der Waals surface area contributed by atoms with Crippen LogP contribution in [-0.2, 0) is 11.3 Å². The van der Waals surface area contributed by atoms with E-state index >= 15 is 0 Å². The van der Waals surface area contributed by atoms with Gasteiger partial charge in [0.2, 0.25) is 0 Å². The standard InChI is InChI=1S/C18H21FN2O/c19-15-8-7-13(18-14(15)4-3-9-20-18)12-21-10-11-22-17-6-2-1-5-16(17)21/h3-4,7-9,16-17H,1-2,5-6,10-12H2/t16-,17-/m0/s1. The molecule has 0 unspecified atom stereocenters. The summed E-state index contributed by atoms with van der Waals surface area (Å²) in [6.07, 6.45) is 7.05. The van der Waals surface area contributed by atoms with Gasteiger partial charge >= 0.3 is 0 Å². The minimum absolute atomic E-state index is 0.190. The first-order valence-electron chi connectivity index (χ1n) is 8.21. The number of fused-ring (bicyclic) bond motifs is 2. The molecule has 3 nitrogen and oxygen atoms in total. The van der Waals surface area contributed by atoms with Crippen LogP contribution in [0.2, 0.25) is 0 Å². The van der Waals surface area contributed by atoms with Crippen molar-refractivity contribution >= 4 is 10.9 Å². The highest BCUT2D eigenvalue weighted by atomic mass is 19.1. The van der Waals surface area contributed by atoms with Crippen molar-refractivity contribution in [2.24, 2.45) is 0 Å². The Kier molecular flexibility index (Phi) is 3.80. The molecule has 116 valence electrons. The van der Waals surface area contributed by atoms with Crippen LogP contribution in [0.15, 0.2) is 30.5 Å². The van der Waals surface area contributed by atoms with Gasteiger partial charge in [-0.1, -0.05) is 18.9 Å². The Morgan fingerprint density at radius 3 is 3.09 bits per heavy atom. The third-order valence-electron chi connectivity index (χ3n) is 5.02. The van der Waals surface area contributed by atoms with Gasteiger partial charge in [0, 0.05) is 30.7 Å². The monoisotopic (exact) mass is 300 g/mol. The SMILES string of the molecule is Fc1ccc(CN2CCO[C@H]3CCCC[C@@H]32)c2ncccc12. The zero-order valence-corrected chi connectivity index (χ0v) is 12.7. The van der Waals surface area contributed by atoms with Crippen LogP contribution in [-0.4, -0.2) is 35.2 Å². The minimum Gasteiger partial charge on any atom is -0.375 e. The molecule has 1 aliphatic carbocycles. The first-order chi connectivity index (χ1) is 10.8. The molecule has 2 aromatic rings. The Hall–Kier alpha value is -1.52. The highest BCUT2D eigenvalue weighted by molar-refractivity contribution is 5.82. The van der Waals surface area contributed by atoms with Gasteiger partial charge in [0.1, 0.15) is 5.82 Å². The lowest BCUT2D eigenvalue weighted by molar-refractivity contribution is -0.0910. The largest absolute Gasteiger partial charge is 0.375 e. The summed E-state index contributed by atoms with van der Waals surface area (Å²) in [5.74, 6) is -0.190. The second-order valence-corrected chi connectivity index (χ2v) is 6.34. The smallest absolute Gasteiger partial charge is 0.132 e. The molecule has 0 radical (unpaired) electrons. The molecule has 2 aliphatic rings. The van der Waals surface area contributed by atoms with E-state index in [1.165, 1.54) is 25.7 Å². The van der Waals surface area contributed by atoms with Crippen LogP contribution >= 0.6 is 0 Å². The van der Waals surface area contributed by atoms with Crippen LogP contribution in [0.5, 0.6) is 0 Å². The van der Waals surface area contributed by atoms with E-state index in [0.717, 1.165) is 30.8 Å². The van der Waals surface area contributed by atoms with Gasteiger partial charge in [0.25, 0.3) is 0 Å². The van der Waals surface area contributed by atoms with E-state index in [9.17, 15) is 4.39 Å². The first-order valence-corrected chi connectivity index (χ1v) is 8.21. The molecule has 1 aromatic carbocycles. The number of rotatable bonds is 2. The molecule has 0 amide bonds. The predicted octanol–water partition coefficient (Wildman–Crippen LogP) is 3.52. The number of ether oxygens (including phenoxy) is 1. The lowest BCUT2D eigenvalue weighted by Crippen LogP contribution is -2.52. The molecule has 22 heavy (non-hydrogen) atoms. The number of benzene rings is 1. The molecular weight excluding hydrogens is 279 g/mol. The minimum atomic E-state index is -0.190. The molecule has 2 atom stereocenters. The topological polar surface area (TPSA) is 25.4 Å². The summed E-state index contributed by atoms with van der Waals surface area (Å²) in [7, 11) is 0. The summed E-state index contributed by atoms with van der Waals surface area (Å²) in [5, 5.41) is 0.619. The van der Waals surface area contributed by atoms with Crippen molar-refractivity contribution in [3.05, 3.63) is 41.8 Å². The molecule has 1 aliphatic heterocycles. The van der Waals surface area contributed by atoms with Crippen LogP contribution in [0.3, 0.4) is 0 Å². The Bertz CT molecular complexity index is 673. The van der Waals surface area contributed by atoms with Crippen molar-refractivity contribution in [1.82, 2.24) is 9.88 Å². The van der Waals surface area contributed by atoms with Gasteiger partial charge in [-0.3, -0.25) is 9.88 Å². The van der Waals surface area contributed by atoms with Gasteiger partial charge in [-0.05, 0) is 36.6 Å². The fourth-order valence-electron chi connectivity index (χ4n) is 3.92. The van der Waals surface area contributed by atoms with Crippen LogP contribution in [0.25, 0.3) is 10.9 Å². The van der Waals surface area contributed by atoms with Gasteiger partial charge in [0.15, 0.2) is 0 Å². The van der Waals surface area contributed by atoms with Crippen LogP contribution < -0.4 is 0 Å². The van der Waals surface area contributed by atoms with E-state index < -0.39 is 0 Å². The summed E-state index contributed by atoms with van der Waals surface area (Å²) >= 11 is 0. The number of nitrogens with zero attached hydrogens (tertiary/aromatic N) is 2. The maximum absolute atomic E-state index is 13.9. The average Bonchev–Trinajstić information content (AvgIpc) is 2.58. The van der Waals surface area contributed by atoms with E-state index in [2.05, 4.69) is 9.88 Å². The van der Waals surface area contributed by atoms with Gasteiger partial charge in [-0.15, -0.1) is 0 Å². The molecule has 0 bridgehead atoms. The average molecular weight is 300 g/mol. The second-order valence-electron chi connectivity index (χ2n) is 6.34. The molecule has 1 saturated carbocycles. The van der Waals surface area contributed by atoms with Crippen LogP contribution in [0.1, 0.15) is 31.2 Å². The molecule has 4 rings (SSSR count). The summed E-state index contributed by atoms with van der Waals surface area (Å²) < 4.78 is 19.9. The summed E-state index contributed by atoms with van der Waals surface area (Å²) in [6.45, 7) is 2.58. The van der Waals surface area contributed by atoms with E-state index in [1.54, 1.807) is 18.3 Å². The van der Waals surface area contributed by atoms with Crippen molar-refractivity contribution in [2.75, 3.05) is 13.2 Å². The maximum Gasteiger partial charge on any atom is 0.132 e. The van der Waals surface area contributed by atoms with Crippen molar-refractivity contribution in [2.45, 2.75) is 44.4 Å². The summed E-state index contributed by atoms with van der Waals surface area (Å²) in [4.78, 5) is 6.92. The molecule has 1 aromatic heterocycles. The number of pyridine rings is 1. The maximum atomic E-state index is 13.9. The van der Waals surface area contributed by atoms with Crippen molar-refractivity contribution < 1.29 is 9.13 Å². The molecule has 4 heteroatoms. The van der Waals surface area contributed by atoms with Crippen molar-refractivity contribution in [3.63, 3.8) is 0 Å². The zero-order chi connectivity index (χ0) is 14.9. The van der Waals surface area contributed by atoms with E-state index in [-0.39, 0.29) is 5.82 Å². The lowest BCUT2D eigenvalue weighted by Gasteiger charge is -2.44. The summed E-state index contributed by atoms with van der Waals surface area (Å²) in [5.41, 5.74) is 1.91. The molecule has 2 fully saturated rings. The number of hydrogen-bond donors (Lipinski definition) is 0. The fourth-order valence-corrected chi connectivity index (χ4v) is 3.92. The number of hydrogen-bond acceptors (Lipinski definition) is 3. The lowest BCUT2D eigenvalue weighted by atomic mass is 9.90. The number of halogens is 1. The normalized spacial score (nSPS) is 26.0.